The van der Waals surface area contributed by atoms with Crippen molar-refractivity contribution in [3.63, 3.8) is 0 Å². The number of piperidine rings is 1. The third-order valence-corrected chi connectivity index (χ3v) is 4.15. The molecule has 1 aliphatic rings. The molecule has 1 aliphatic heterocycles. The van der Waals surface area contributed by atoms with E-state index in [0.717, 1.165) is 31.5 Å². The van der Waals surface area contributed by atoms with Gasteiger partial charge in [-0.25, -0.2) is 0 Å². The van der Waals surface area contributed by atoms with Gasteiger partial charge < -0.3 is 9.80 Å². The van der Waals surface area contributed by atoms with Gasteiger partial charge in [-0.3, -0.25) is 4.79 Å². The zero-order chi connectivity index (χ0) is 13.8. The van der Waals surface area contributed by atoms with E-state index in [1.54, 1.807) is 0 Å². The Kier molecular flexibility index (Phi) is 4.83. The quantitative estimate of drug-likeness (QED) is 0.849. The summed E-state index contributed by atoms with van der Waals surface area (Å²) in [5.74, 6) is 0.192. The van der Waals surface area contributed by atoms with Crippen molar-refractivity contribution in [3.05, 3.63) is 34.9 Å². The lowest BCUT2D eigenvalue weighted by Crippen LogP contribution is -2.44. The second kappa shape index (κ2) is 6.40. The number of likely N-dealkylation sites (tertiary alicyclic amines) is 1. The molecule has 3 nitrogen and oxygen atoms in total. The van der Waals surface area contributed by atoms with Crippen LogP contribution in [-0.4, -0.2) is 48.9 Å². The lowest BCUT2D eigenvalue weighted by Gasteiger charge is -2.35. The van der Waals surface area contributed by atoms with E-state index in [0.29, 0.717) is 17.5 Å². The molecular weight excluding hydrogens is 260 g/mol. The normalized spacial score (nSPS) is 17.4. The fourth-order valence-corrected chi connectivity index (χ4v) is 2.61. The minimum absolute atomic E-state index is 0.192. The molecule has 1 aromatic rings. The maximum absolute atomic E-state index is 12.3. The number of rotatable bonds is 3. The monoisotopic (exact) mass is 280 g/mol. The number of hydrogen-bond acceptors (Lipinski definition) is 2. The van der Waals surface area contributed by atoms with Gasteiger partial charge in [-0.2, -0.15) is 0 Å². The van der Waals surface area contributed by atoms with E-state index in [9.17, 15) is 4.79 Å². The van der Waals surface area contributed by atoms with E-state index in [2.05, 4.69) is 11.9 Å². The first kappa shape index (κ1) is 14.4. The SMILES string of the molecule is CN1CCC(N(C)C(=O)Cc2ccc(Cl)cc2)CC1. The highest BCUT2D eigenvalue weighted by Crippen LogP contribution is 2.16. The number of likely N-dealkylation sites (N-methyl/N-ethyl adjacent to an activating group) is 1. The van der Waals surface area contributed by atoms with Crippen LogP contribution in [0.25, 0.3) is 0 Å². The molecule has 2 rings (SSSR count). The van der Waals surface area contributed by atoms with Gasteiger partial charge in [-0.1, -0.05) is 23.7 Å². The van der Waals surface area contributed by atoms with Crippen molar-refractivity contribution in [2.24, 2.45) is 0 Å². The third-order valence-electron chi connectivity index (χ3n) is 3.90. The Morgan fingerprint density at radius 1 is 1.32 bits per heavy atom. The summed E-state index contributed by atoms with van der Waals surface area (Å²) >= 11 is 5.85. The van der Waals surface area contributed by atoms with E-state index >= 15 is 0 Å². The Balaban J connectivity index is 1.90. The van der Waals surface area contributed by atoms with Crippen molar-refractivity contribution in [1.29, 1.82) is 0 Å². The number of benzene rings is 1. The molecule has 104 valence electrons. The first-order chi connectivity index (χ1) is 9.06. The van der Waals surface area contributed by atoms with Crippen LogP contribution in [0.4, 0.5) is 0 Å². The predicted molar refractivity (Wildman–Crippen MR) is 78.4 cm³/mol. The second-order valence-electron chi connectivity index (χ2n) is 5.34. The highest BCUT2D eigenvalue weighted by Gasteiger charge is 2.23. The van der Waals surface area contributed by atoms with Gasteiger partial charge in [0.1, 0.15) is 0 Å². The van der Waals surface area contributed by atoms with Gasteiger partial charge in [-0.05, 0) is 50.7 Å². The van der Waals surface area contributed by atoms with Crippen molar-refractivity contribution >= 4 is 17.5 Å². The predicted octanol–water partition coefficient (Wildman–Crippen LogP) is 2.44. The molecule has 0 bridgehead atoms. The number of halogens is 1. The molecular formula is C15H21ClN2O. The molecule has 0 aromatic heterocycles. The van der Waals surface area contributed by atoms with E-state index in [1.165, 1.54) is 0 Å². The molecule has 19 heavy (non-hydrogen) atoms. The summed E-state index contributed by atoms with van der Waals surface area (Å²) in [7, 11) is 4.06. The van der Waals surface area contributed by atoms with Crippen molar-refractivity contribution < 1.29 is 4.79 Å². The highest BCUT2D eigenvalue weighted by molar-refractivity contribution is 6.30. The van der Waals surface area contributed by atoms with Crippen LogP contribution in [0.15, 0.2) is 24.3 Å². The summed E-state index contributed by atoms with van der Waals surface area (Å²) in [6.07, 6.45) is 2.60. The summed E-state index contributed by atoms with van der Waals surface area (Å²) in [4.78, 5) is 16.5. The molecule has 0 saturated carbocycles. The Labute approximate surface area is 120 Å². The molecule has 0 unspecified atom stereocenters. The zero-order valence-electron chi connectivity index (χ0n) is 11.6. The first-order valence-electron chi connectivity index (χ1n) is 6.75. The number of amides is 1. The van der Waals surface area contributed by atoms with Gasteiger partial charge in [0.15, 0.2) is 0 Å². The van der Waals surface area contributed by atoms with Gasteiger partial charge >= 0.3 is 0 Å². The van der Waals surface area contributed by atoms with E-state index in [4.69, 9.17) is 11.6 Å². The number of hydrogen-bond donors (Lipinski definition) is 0. The lowest BCUT2D eigenvalue weighted by molar-refractivity contribution is -0.132. The van der Waals surface area contributed by atoms with Crippen LogP contribution < -0.4 is 0 Å². The molecule has 1 amide bonds. The average molecular weight is 281 g/mol. The number of carbonyl (C=O) groups is 1. The van der Waals surface area contributed by atoms with Crippen molar-refractivity contribution in [2.75, 3.05) is 27.2 Å². The van der Waals surface area contributed by atoms with Crippen molar-refractivity contribution in [3.8, 4) is 0 Å². The van der Waals surface area contributed by atoms with Gasteiger partial charge in [-0.15, -0.1) is 0 Å². The Morgan fingerprint density at radius 2 is 1.89 bits per heavy atom. The topological polar surface area (TPSA) is 23.6 Å². The van der Waals surface area contributed by atoms with Crippen LogP contribution in [-0.2, 0) is 11.2 Å². The summed E-state index contributed by atoms with van der Waals surface area (Å²) < 4.78 is 0. The number of carbonyl (C=O) groups excluding carboxylic acids is 1. The molecule has 0 spiro atoms. The Bertz CT molecular complexity index is 424. The molecule has 1 fully saturated rings. The molecule has 1 saturated heterocycles. The van der Waals surface area contributed by atoms with Crippen LogP contribution in [0.1, 0.15) is 18.4 Å². The molecule has 0 atom stereocenters. The summed E-state index contributed by atoms with van der Waals surface area (Å²) in [6, 6.07) is 7.89. The first-order valence-corrected chi connectivity index (χ1v) is 7.12. The van der Waals surface area contributed by atoms with Crippen LogP contribution in [0.3, 0.4) is 0 Å². The largest absolute Gasteiger partial charge is 0.342 e. The maximum Gasteiger partial charge on any atom is 0.226 e. The molecule has 0 radical (unpaired) electrons. The standard InChI is InChI=1S/C15H21ClN2O/c1-17-9-7-14(8-10-17)18(2)15(19)11-12-3-5-13(16)6-4-12/h3-6,14H,7-11H2,1-2H3. The van der Waals surface area contributed by atoms with Crippen LogP contribution in [0.2, 0.25) is 5.02 Å². The zero-order valence-corrected chi connectivity index (χ0v) is 12.4. The van der Waals surface area contributed by atoms with Gasteiger partial charge in [0.2, 0.25) is 5.91 Å². The fraction of sp³-hybridized carbons (Fsp3) is 0.533. The minimum atomic E-state index is 0.192. The molecule has 0 N–H and O–H groups in total. The van der Waals surface area contributed by atoms with Gasteiger partial charge in [0.25, 0.3) is 0 Å². The van der Waals surface area contributed by atoms with Crippen LogP contribution in [0, 0.1) is 0 Å². The molecule has 0 aliphatic carbocycles. The lowest BCUT2D eigenvalue weighted by atomic mass is 10.0. The summed E-state index contributed by atoms with van der Waals surface area (Å²) in [5.41, 5.74) is 1.02. The van der Waals surface area contributed by atoms with Crippen molar-refractivity contribution in [1.82, 2.24) is 9.80 Å². The van der Waals surface area contributed by atoms with Crippen LogP contribution >= 0.6 is 11.6 Å². The fourth-order valence-electron chi connectivity index (χ4n) is 2.49. The third kappa shape index (κ3) is 3.95. The highest BCUT2D eigenvalue weighted by atomic mass is 35.5. The van der Waals surface area contributed by atoms with Crippen molar-refractivity contribution in [2.45, 2.75) is 25.3 Å². The number of nitrogens with zero attached hydrogens (tertiary/aromatic N) is 2. The van der Waals surface area contributed by atoms with E-state index in [1.807, 2.05) is 36.2 Å². The average Bonchev–Trinajstić information content (AvgIpc) is 2.41. The minimum Gasteiger partial charge on any atom is -0.342 e. The summed E-state index contributed by atoms with van der Waals surface area (Å²) in [6.45, 7) is 2.15. The van der Waals surface area contributed by atoms with E-state index < -0.39 is 0 Å². The second-order valence-corrected chi connectivity index (χ2v) is 5.78. The maximum atomic E-state index is 12.3. The van der Waals surface area contributed by atoms with E-state index in [-0.39, 0.29) is 5.91 Å². The Hall–Kier alpha value is -1.06. The molecule has 4 heteroatoms. The smallest absolute Gasteiger partial charge is 0.226 e. The van der Waals surface area contributed by atoms with Gasteiger partial charge in [0, 0.05) is 18.1 Å². The molecule has 1 heterocycles. The van der Waals surface area contributed by atoms with Gasteiger partial charge in [0.05, 0.1) is 6.42 Å². The molecule has 1 aromatic carbocycles. The van der Waals surface area contributed by atoms with Crippen LogP contribution in [0.5, 0.6) is 0 Å². The summed E-state index contributed by atoms with van der Waals surface area (Å²) in [5, 5.41) is 0.708. The Morgan fingerprint density at radius 3 is 2.47 bits per heavy atom.